The van der Waals surface area contributed by atoms with Crippen molar-refractivity contribution in [2.24, 2.45) is 0 Å². The van der Waals surface area contributed by atoms with E-state index < -0.39 is 10.0 Å². The molecule has 146 valence electrons. The topological polar surface area (TPSA) is 75.7 Å². The van der Waals surface area contributed by atoms with Gasteiger partial charge in [0.1, 0.15) is 16.5 Å². The van der Waals surface area contributed by atoms with Crippen LogP contribution < -0.4 is 10.1 Å². The summed E-state index contributed by atoms with van der Waals surface area (Å²) in [5.74, 6) is -0.475. The number of rotatable bonds is 8. The molecule has 0 aliphatic carbocycles. The number of ether oxygens (including phenoxy) is 1. The number of benzene rings is 2. The zero-order valence-electron chi connectivity index (χ0n) is 15.5. The molecule has 0 fully saturated rings. The van der Waals surface area contributed by atoms with E-state index in [0.29, 0.717) is 17.9 Å². The van der Waals surface area contributed by atoms with Crippen molar-refractivity contribution in [3.8, 4) is 5.75 Å². The van der Waals surface area contributed by atoms with Crippen LogP contribution in [0.15, 0.2) is 47.4 Å². The SMILES string of the molecule is CCOc1ccc(NC(=O)CCc2ccccc2F)cc1S(=O)(=O)N(C)C. The number of hydrogen-bond donors (Lipinski definition) is 1. The molecule has 1 N–H and O–H groups in total. The van der Waals surface area contributed by atoms with E-state index in [1.54, 1.807) is 31.2 Å². The normalized spacial score (nSPS) is 11.4. The average molecular weight is 394 g/mol. The fraction of sp³-hybridized carbons (Fsp3) is 0.316. The summed E-state index contributed by atoms with van der Waals surface area (Å²) < 4.78 is 45.1. The van der Waals surface area contributed by atoms with Crippen LogP contribution in [0.1, 0.15) is 18.9 Å². The molecule has 6 nitrogen and oxygen atoms in total. The van der Waals surface area contributed by atoms with E-state index in [4.69, 9.17) is 4.74 Å². The smallest absolute Gasteiger partial charge is 0.246 e. The van der Waals surface area contributed by atoms with Gasteiger partial charge in [-0.2, -0.15) is 0 Å². The zero-order chi connectivity index (χ0) is 20.0. The Morgan fingerprint density at radius 3 is 2.52 bits per heavy atom. The molecular formula is C19H23FN2O4S. The third kappa shape index (κ3) is 5.27. The van der Waals surface area contributed by atoms with Crippen LogP contribution in [0.3, 0.4) is 0 Å². The number of carbonyl (C=O) groups is 1. The Morgan fingerprint density at radius 2 is 1.89 bits per heavy atom. The second kappa shape index (κ2) is 8.96. The molecule has 0 saturated carbocycles. The van der Waals surface area contributed by atoms with E-state index in [1.807, 2.05) is 0 Å². The summed E-state index contributed by atoms with van der Waals surface area (Å²) in [7, 11) is -0.899. The van der Waals surface area contributed by atoms with Gasteiger partial charge >= 0.3 is 0 Å². The van der Waals surface area contributed by atoms with E-state index in [9.17, 15) is 17.6 Å². The van der Waals surface area contributed by atoms with Gasteiger partial charge in [0.05, 0.1) is 6.61 Å². The highest BCUT2D eigenvalue weighted by Gasteiger charge is 2.23. The van der Waals surface area contributed by atoms with Crippen LogP contribution >= 0.6 is 0 Å². The summed E-state index contributed by atoms with van der Waals surface area (Å²) in [6.07, 6.45) is 0.322. The lowest BCUT2D eigenvalue weighted by atomic mass is 10.1. The fourth-order valence-corrected chi connectivity index (χ4v) is 3.48. The maximum Gasteiger partial charge on any atom is 0.246 e. The van der Waals surface area contributed by atoms with E-state index in [-0.39, 0.29) is 35.2 Å². The molecule has 2 aromatic rings. The maximum absolute atomic E-state index is 13.6. The van der Waals surface area contributed by atoms with Gasteiger partial charge in [-0.3, -0.25) is 4.79 Å². The maximum atomic E-state index is 13.6. The third-order valence-corrected chi connectivity index (χ3v) is 5.70. The summed E-state index contributed by atoms with van der Waals surface area (Å²) in [6, 6.07) is 10.7. The van der Waals surface area contributed by atoms with Crippen LogP contribution in [0, 0.1) is 5.82 Å². The number of anilines is 1. The van der Waals surface area contributed by atoms with E-state index in [1.165, 1.54) is 32.3 Å². The Labute approximate surface area is 159 Å². The van der Waals surface area contributed by atoms with E-state index in [0.717, 1.165) is 4.31 Å². The molecule has 0 spiro atoms. The monoisotopic (exact) mass is 394 g/mol. The minimum atomic E-state index is -3.74. The highest BCUT2D eigenvalue weighted by atomic mass is 32.2. The van der Waals surface area contributed by atoms with Crippen molar-refractivity contribution in [2.45, 2.75) is 24.7 Å². The van der Waals surface area contributed by atoms with E-state index >= 15 is 0 Å². The van der Waals surface area contributed by atoms with Crippen LogP contribution in [0.2, 0.25) is 0 Å². The lowest BCUT2D eigenvalue weighted by molar-refractivity contribution is -0.116. The summed E-state index contributed by atoms with van der Waals surface area (Å²) >= 11 is 0. The molecule has 0 aliphatic rings. The van der Waals surface area contributed by atoms with Gasteiger partial charge < -0.3 is 10.1 Å². The number of carbonyl (C=O) groups excluding carboxylic acids is 1. The number of nitrogens with zero attached hydrogens (tertiary/aromatic N) is 1. The number of halogens is 1. The number of sulfonamides is 1. The van der Waals surface area contributed by atoms with Crippen molar-refractivity contribution < 1.29 is 22.3 Å². The Kier molecular flexibility index (Phi) is 6.92. The van der Waals surface area contributed by atoms with Gasteiger partial charge in [0.15, 0.2) is 0 Å². The van der Waals surface area contributed by atoms with Crippen molar-refractivity contribution in [1.29, 1.82) is 0 Å². The Morgan fingerprint density at radius 1 is 1.19 bits per heavy atom. The quantitative estimate of drug-likeness (QED) is 0.747. The number of hydrogen-bond acceptors (Lipinski definition) is 4. The molecule has 0 bridgehead atoms. The van der Waals surface area contributed by atoms with Crippen molar-refractivity contribution in [3.05, 3.63) is 53.8 Å². The first kappa shape index (κ1) is 20.9. The Hall–Kier alpha value is -2.45. The molecule has 0 aliphatic heterocycles. The first-order valence-electron chi connectivity index (χ1n) is 8.48. The van der Waals surface area contributed by atoms with Crippen LogP contribution in [-0.2, 0) is 21.2 Å². The number of nitrogens with one attached hydrogen (secondary N) is 1. The van der Waals surface area contributed by atoms with Crippen LogP contribution in [-0.4, -0.2) is 39.3 Å². The lowest BCUT2D eigenvalue weighted by Gasteiger charge is -2.16. The van der Waals surface area contributed by atoms with Gasteiger partial charge in [-0.25, -0.2) is 17.1 Å². The molecule has 27 heavy (non-hydrogen) atoms. The first-order valence-corrected chi connectivity index (χ1v) is 9.92. The molecule has 0 saturated heterocycles. The molecule has 8 heteroatoms. The molecule has 0 atom stereocenters. The third-order valence-electron chi connectivity index (χ3n) is 3.87. The van der Waals surface area contributed by atoms with Crippen LogP contribution in [0.5, 0.6) is 5.75 Å². The Bertz CT molecular complexity index is 914. The highest BCUT2D eigenvalue weighted by Crippen LogP contribution is 2.29. The van der Waals surface area contributed by atoms with Crippen LogP contribution in [0.25, 0.3) is 0 Å². The summed E-state index contributed by atoms with van der Waals surface area (Å²) in [5, 5.41) is 2.65. The van der Waals surface area contributed by atoms with E-state index in [2.05, 4.69) is 5.32 Å². The van der Waals surface area contributed by atoms with Crippen molar-refractivity contribution in [1.82, 2.24) is 4.31 Å². The molecule has 0 unspecified atom stereocenters. The molecule has 2 aromatic carbocycles. The van der Waals surface area contributed by atoms with Gasteiger partial charge in [-0.15, -0.1) is 0 Å². The average Bonchev–Trinajstić information content (AvgIpc) is 2.62. The summed E-state index contributed by atoms with van der Waals surface area (Å²) in [4.78, 5) is 12.2. The molecule has 0 aromatic heterocycles. The minimum absolute atomic E-state index is 0.0266. The Balaban J connectivity index is 2.16. The van der Waals surface area contributed by atoms with Gasteiger partial charge in [0, 0.05) is 26.2 Å². The van der Waals surface area contributed by atoms with Crippen molar-refractivity contribution in [3.63, 3.8) is 0 Å². The van der Waals surface area contributed by atoms with Crippen molar-refractivity contribution >= 4 is 21.6 Å². The molecule has 2 rings (SSSR count). The minimum Gasteiger partial charge on any atom is -0.492 e. The largest absolute Gasteiger partial charge is 0.492 e. The molecule has 0 heterocycles. The standard InChI is InChI=1S/C19H23FN2O4S/c1-4-26-17-11-10-15(13-18(17)27(24,25)22(2)3)21-19(23)12-9-14-7-5-6-8-16(14)20/h5-8,10-11,13H,4,9,12H2,1-3H3,(H,21,23). The summed E-state index contributed by atoms with van der Waals surface area (Å²) in [5.41, 5.74) is 0.785. The summed E-state index contributed by atoms with van der Waals surface area (Å²) in [6.45, 7) is 2.06. The predicted molar refractivity (Wildman–Crippen MR) is 102 cm³/mol. The second-order valence-corrected chi connectivity index (χ2v) is 8.14. The van der Waals surface area contributed by atoms with Gasteiger partial charge in [-0.1, -0.05) is 18.2 Å². The molecular weight excluding hydrogens is 371 g/mol. The van der Waals surface area contributed by atoms with Gasteiger partial charge in [-0.05, 0) is 43.2 Å². The second-order valence-electron chi connectivity index (χ2n) is 6.02. The highest BCUT2D eigenvalue weighted by molar-refractivity contribution is 7.89. The predicted octanol–water partition coefficient (Wildman–Crippen LogP) is 3.05. The van der Waals surface area contributed by atoms with Crippen LogP contribution in [0.4, 0.5) is 10.1 Å². The fourth-order valence-electron chi connectivity index (χ4n) is 2.43. The first-order chi connectivity index (χ1) is 12.8. The lowest BCUT2D eigenvalue weighted by Crippen LogP contribution is -2.23. The molecule has 0 radical (unpaired) electrons. The van der Waals surface area contributed by atoms with Gasteiger partial charge in [0.2, 0.25) is 15.9 Å². The molecule has 1 amide bonds. The zero-order valence-corrected chi connectivity index (χ0v) is 16.3. The van der Waals surface area contributed by atoms with Crippen molar-refractivity contribution in [2.75, 3.05) is 26.0 Å². The number of amides is 1. The van der Waals surface area contributed by atoms with Gasteiger partial charge in [0.25, 0.3) is 0 Å². The number of aryl methyl sites for hydroxylation is 1.